The molecule has 33 heavy (non-hydrogen) atoms. The summed E-state index contributed by atoms with van der Waals surface area (Å²) in [5.41, 5.74) is 1.06. The molecule has 1 aliphatic heterocycles. The van der Waals surface area contributed by atoms with Crippen molar-refractivity contribution in [2.45, 2.75) is 65.2 Å². The number of esters is 1. The lowest BCUT2D eigenvalue weighted by Crippen LogP contribution is -2.46. The number of ether oxygens (including phenoxy) is 1. The minimum Gasteiger partial charge on any atom is -0.461 e. The van der Waals surface area contributed by atoms with Crippen molar-refractivity contribution in [1.29, 1.82) is 0 Å². The molecule has 1 aromatic rings. The maximum Gasteiger partial charge on any atom is 0.397 e. The van der Waals surface area contributed by atoms with E-state index in [0.29, 0.717) is 17.5 Å². The summed E-state index contributed by atoms with van der Waals surface area (Å²) in [6.07, 6.45) is 14.3. The number of benzene rings is 1. The Hall–Kier alpha value is -2.07. The van der Waals surface area contributed by atoms with E-state index in [9.17, 15) is 13.2 Å². The van der Waals surface area contributed by atoms with E-state index in [4.69, 9.17) is 9.29 Å². The standard InChI is InChI=1S/C16H22N2O2.C8H18O4S/c1-3-4-12-20-16(19)13-18(11-10-17(2)14-18)15-8-6-5-7-9-15;1-2-3-4-5-6-7-8-12-13(9,10)11/h5-11,14H,3-4,12-13H2,1-2H3;2-8H2,1H3,(H,9,10,11)/q+2;/t18-;/m0./s1. The van der Waals surface area contributed by atoms with Crippen molar-refractivity contribution in [2.75, 3.05) is 26.8 Å². The highest BCUT2D eigenvalue weighted by molar-refractivity contribution is 7.80. The zero-order valence-electron chi connectivity index (χ0n) is 20.2. The smallest absolute Gasteiger partial charge is 0.397 e. The van der Waals surface area contributed by atoms with E-state index in [1.807, 2.05) is 60.7 Å². The zero-order valence-corrected chi connectivity index (χ0v) is 21.0. The molecular weight excluding hydrogens is 444 g/mol. The van der Waals surface area contributed by atoms with Gasteiger partial charge in [-0.2, -0.15) is 17.5 Å². The van der Waals surface area contributed by atoms with Crippen LogP contribution in [0.15, 0.2) is 42.7 Å². The van der Waals surface area contributed by atoms with Gasteiger partial charge in [0.2, 0.25) is 6.20 Å². The van der Waals surface area contributed by atoms with Crippen LogP contribution in [0.3, 0.4) is 0 Å². The number of hydrogen-bond acceptors (Lipinski definition) is 5. The molecule has 0 bridgehead atoms. The van der Waals surface area contributed by atoms with Crippen LogP contribution in [-0.4, -0.2) is 56.7 Å². The van der Waals surface area contributed by atoms with Gasteiger partial charge in [-0.05, 0) is 12.8 Å². The first kappa shape index (κ1) is 29.0. The van der Waals surface area contributed by atoms with E-state index < -0.39 is 10.4 Å². The summed E-state index contributed by atoms with van der Waals surface area (Å²) in [6, 6.07) is 10.00. The molecule has 0 amide bonds. The Morgan fingerprint density at radius 2 is 1.61 bits per heavy atom. The minimum atomic E-state index is -4.22. The minimum absolute atomic E-state index is 0.0883. The summed E-state index contributed by atoms with van der Waals surface area (Å²) in [5.74, 6) is -0.168. The third-order valence-corrected chi connectivity index (χ3v) is 5.54. The second-order valence-electron chi connectivity index (χ2n) is 8.09. The van der Waals surface area contributed by atoms with Crippen molar-refractivity contribution in [3.8, 4) is 0 Å². The molecule has 0 radical (unpaired) electrons. The Morgan fingerprint density at radius 1 is 0.970 bits per heavy atom. The van der Waals surface area contributed by atoms with Gasteiger partial charge in [0.15, 0.2) is 12.7 Å². The highest BCUT2D eigenvalue weighted by atomic mass is 32.3. The van der Waals surface area contributed by atoms with E-state index in [1.165, 1.54) is 19.3 Å². The van der Waals surface area contributed by atoms with E-state index in [1.54, 1.807) is 0 Å². The molecule has 0 saturated heterocycles. The van der Waals surface area contributed by atoms with Crippen molar-refractivity contribution in [2.24, 2.45) is 0 Å². The van der Waals surface area contributed by atoms with Crippen LogP contribution in [0.5, 0.6) is 0 Å². The summed E-state index contributed by atoms with van der Waals surface area (Å²) < 4.78 is 40.2. The summed E-state index contributed by atoms with van der Waals surface area (Å²) in [4.78, 5) is 12.0. The van der Waals surface area contributed by atoms with Gasteiger partial charge in [-0.3, -0.25) is 4.55 Å². The van der Waals surface area contributed by atoms with Crippen LogP contribution >= 0.6 is 0 Å². The first-order valence-corrected chi connectivity index (χ1v) is 13.1. The third kappa shape index (κ3) is 12.7. The number of para-hydroxylation sites is 1. The molecule has 0 spiro atoms. The van der Waals surface area contributed by atoms with E-state index in [0.717, 1.165) is 31.4 Å². The second-order valence-corrected chi connectivity index (χ2v) is 9.19. The average Bonchev–Trinajstić information content (AvgIpc) is 3.15. The average molecular weight is 485 g/mol. The Labute approximate surface area is 199 Å². The molecule has 0 aliphatic carbocycles. The second kappa shape index (κ2) is 15.7. The van der Waals surface area contributed by atoms with E-state index in [2.05, 4.69) is 18.0 Å². The number of carbonyl (C=O) groups excluding carboxylic acids is 1. The molecule has 1 aliphatic rings. The molecule has 1 aromatic carbocycles. The first-order valence-electron chi connectivity index (χ1n) is 11.7. The number of unbranched alkanes of at least 4 members (excludes halogenated alkanes) is 6. The maximum absolute atomic E-state index is 12.0. The highest BCUT2D eigenvalue weighted by Gasteiger charge is 2.38. The summed E-state index contributed by atoms with van der Waals surface area (Å²) in [7, 11) is -2.26. The molecule has 0 fully saturated rings. The van der Waals surface area contributed by atoms with Gasteiger partial charge in [-0.15, -0.1) is 0 Å². The van der Waals surface area contributed by atoms with Crippen LogP contribution < -0.4 is 4.48 Å². The molecule has 1 atom stereocenters. The Kier molecular flexibility index (Phi) is 13.8. The molecule has 1 N–H and O–H groups in total. The zero-order chi connectivity index (χ0) is 24.6. The molecule has 0 saturated carbocycles. The fraction of sp³-hybridized carbons (Fsp3) is 0.583. The van der Waals surface area contributed by atoms with Crippen molar-refractivity contribution < 1.29 is 31.3 Å². The van der Waals surface area contributed by atoms with Crippen molar-refractivity contribution in [1.82, 2.24) is 4.48 Å². The summed E-state index contributed by atoms with van der Waals surface area (Å²) in [6.45, 7) is 5.10. The third-order valence-electron chi connectivity index (χ3n) is 5.07. The van der Waals surface area contributed by atoms with Crippen molar-refractivity contribution >= 4 is 28.4 Å². The molecule has 8 nitrogen and oxygen atoms in total. The highest BCUT2D eigenvalue weighted by Crippen LogP contribution is 2.24. The topological polar surface area (TPSA) is 92.9 Å². The van der Waals surface area contributed by atoms with Gasteiger partial charge in [0.1, 0.15) is 12.7 Å². The fourth-order valence-electron chi connectivity index (χ4n) is 3.31. The van der Waals surface area contributed by atoms with Gasteiger partial charge in [0.05, 0.1) is 13.2 Å². The number of hydrogen-bond donors (Lipinski definition) is 1. The van der Waals surface area contributed by atoms with Crippen LogP contribution in [0, 0.1) is 0 Å². The van der Waals surface area contributed by atoms with Crippen LogP contribution in [0.1, 0.15) is 65.2 Å². The van der Waals surface area contributed by atoms with Gasteiger partial charge in [0, 0.05) is 12.1 Å². The lowest BCUT2D eigenvalue weighted by molar-refractivity contribution is -0.415. The fourth-order valence-corrected chi connectivity index (χ4v) is 3.63. The predicted molar refractivity (Wildman–Crippen MR) is 131 cm³/mol. The molecule has 186 valence electrons. The quantitative estimate of drug-likeness (QED) is 0.136. The number of rotatable bonds is 14. The number of nitrogens with zero attached hydrogens (tertiary/aromatic N) is 2. The molecule has 0 unspecified atom stereocenters. The van der Waals surface area contributed by atoms with E-state index in [-0.39, 0.29) is 19.1 Å². The largest absolute Gasteiger partial charge is 0.461 e. The summed E-state index contributed by atoms with van der Waals surface area (Å²) in [5, 5.41) is 0. The molecular formula is C24H40N2O6S+2. The van der Waals surface area contributed by atoms with Gasteiger partial charge in [-0.25, -0.2) is 8.98 Å². The lowest BCUT2D eigenvalue weighted by Gasteiger charge is -2.22. The Morgan fingerprint density at radius 3 is 2.18 bits per heavy atom. The monoisotopic (exact) mass is 484 g/mol. The Balaban J connectivity index is 0.000000366. The van der Waals surface area contributed by atoms with Crippen LogP contribution in [-0.2, 0) is 24.1 Å². The van der Waals surface area contributed by atoms with Gasteiger partial charge >= 0.3 is 22.7 Å². The van der Waals surface area contributed by atoms with Crippen LogP contribution in [0.4, 0.5) is 5.69 Å². The molecule has 2 rings (SSSR count). The van der Waals surface area contributed by atoms with Gasteiger partial charge in [0.25, 0.3) is 0 Å². The predicted octanol–water partition coefficient (Wildman–Crippen LogP) is 4.66. The SMILES string of the molecule is CCCCCCCCOS(=O)(=O)O.CCCCOC(=O)C[N@@+]1(c2ccccc2)C=C[N+](C)=C1. The number of quaternary nitrogens is 1. The van der Waals surface area contributed by atoms with E-state index >= 15 is 0 Å². The van der Waals surface area contributed by atoms with Crippen LogP contribution in [0.25, 0.3) is 0 Å². The van der Waals surface area contributed by atoms with Crippen molar-refractivity contribution in [3.63, 3.8) is 0 Å². The molecule has 1 heterocycles. The van der Waals surface area contributed by atoms with Crippen LogP contribution in [0.2, 0.25) is 0 Å². The lowest BCUT2D eigenvalue weighted by atomic mass is 10.1. The van der Waals surface area contributed by atoms with Gasteiger partial charge < -0.3 is 4.74 Å². The molecule has 0 aromatic heterocycles. The number of carbonyl (C=O) groups is 1. The van der Waals surface area contributed by atoms with Crippen molar-refractivity contribution in [3.05, 3.63) is 42.7 Å². The summed E-state index contributed by atoms with van der Waals surface area (Å²) >= 11 is 0. The first-order chi connectivity index (χ1) is 15.7. The Bertz CT molecular complexity index is 855. The normalized spacial score (nSPS) is 17.3. The van der Waals surface area contributed by atoms with Gasteiger partial charge in [-0.1, -0.05) is 70.6 Å². The maximum atomic E-state index is 12.0. The molecule has 9 heteroatoms.